The lowest BCUT2D eigenvalue weighted by molar-refractivity contribution is 0.615. The van der Waals surface area contributed by atoms with Gasteiger partial charge in [-0.05, 0) is 54.9 Å². The van der Waals surface area contributed by atoms with Crippen LogP contribution in [0, 0.1) is 27.7 Å². The average Bonchev–Trinajstić information content (AvgIpc) is 2.58. The largest absolute Gasteiger partial charge is 0.242 e. The quantitative estimate of drug-likeness (QED) is 0.625. The molecule has 1 N–H and O–H groups in total. The minimum atomic E-state index is -2.22. The monoisotopic (exact) mass is 429 g/mol. The van der Waals surface area contributed by atoms with Gasteiger partial charge in [-0.15, -0.1) is 0 Å². The number of rotatable bonds is 7. The van der Waals surface area contributed by atoms with Crippen LogP contribution in [0.3, 0.4) is 0 Å². The summed E-state index contributed by atoms with van der Waals surface area (Å²) in [5.74, 6) is 0. The standard InChI is InChI=1S/C25H39NOSSi/c1-10-11-24(26-28(27)25(6,7)8)29(9,22-14-18(2)12-19(3)15-22)23-16-20(4)13-21(5)17-23/h12-17,24,26H,10-11H2,1-9H3/t24-,28-/m1/s1. The topological polar surface area (TPSA) is 29.1 Å². The lowest BCUT2D eigenvalue weighted by Gasteiger charge is -2.39. The third-order valence-corrected chi connectivity index (χ3v) is 12.3. The molecule has 160 valence electrons. The Balaban J connectivity index is 2.74. The molecule has 4 heteroatoms. The van der Waals surface area contributed by atoms with Gasteiger partial charge in [0.1, 0.15) is 8.07 Å². The third-order valence-electron chi connectivity index (χ3n) is 5.72. The Morgan fingerprint density at radius 2 is 1.24 bits per heavy atom. The maximum Gasteiger partial charge on any atom is 0.132 e. The number of hydrogen-bond acceptors (Lipinski definition) is 1. The summed E-state index contributed by atoms with van der Waals surface area (Å²) >= 11 is 0. The fraction of sp³-hybridized carbons (Fsp3) is 0.520. The molecule has 0 bridgehead atoms. The van der Waals surface area contributed by atoms with E-state index < -0.39 is 19.1 Å². The molecule has 0 aliphatic carbocycles. The van der Waals surface area contributed by atoms with Gasteiger partial charge in [0.05, 0.1) is 15.7 Å². The van der Waals surface area contributed by atoms with Gasteiger partial charge in [-0.1, -0.05) is 88.9 Å². The summed E-state index contributed by atoms with van der Waals surface area (Å²) in [7, 11) is -3.32. The molecule has 0 radical (unpaired) electrons. The van der Waals surface area contributed by atoms with E-state index >= 15 is 0 Å². The van der Waals surface area contributed by atoms with Crippen molar-refractivity contribution in [3.05, 3.63) is 58.7 Å². The van der Waals surface area contributed by atoms with Crippen LogP contribution in [0.15, 0.2) is 36.4 Å². The Morgan fingerprint density at radius 3 is 1.55 bits per heavy atom. The van der Waals surface area contributed by atoms with Crippen molar-refractivity contribution in [3.63, 3.8) is 0 Å². The highest BCUT2D eigenvalue weighted by Gasteiger charge is 2.42. The highest BCUT2D eigenvalue weighted by Crippen LogP contribution is 2.21. The highest BCUT2D eigenvalue weighted by atomic mass is 32.2. The van der Waals surface area contributed by atoms with E-state index in [1.165, 1.54) is 32.6 Å². The van der Waals surface area contributed by atoms with E-state index in [-0.39, 0.29) is 10.4 Å². The minimum absolute atomic E-state index is 0.204. The maximum absolute atomic E-state index is 13.1. The summed E-state index contributed by atoms with van der Waals surface area (Å²) in [4.78, 5) is 0. The molecular weight excluding hydrogens is 390 g/mol. The van der Waals surface area contributed by atoms with Crippen LogP contribution in [0.2, 0.25) is 6.55 Å². The second-order valence-electron chi connectivity index (χ2n) is 9.80. The lowest BCUT2D eigenvalue weighted by Crippen LogP contribution is -2.69. The summed E-state index contributed by atoms with van der Waals surface area (Å²) in [6, 6.07) is 13.9. The van der Waals surface area contributed by atoms with Gasteiger partial charge in [0, 0.05) is 5.67 Å². The van der Waals surface area contributed by atoms with Crippen molar-refractivity contribution in [1.29, 1.82) is 0 Å². The Labute approximate surface area is 182 Å². The summed E-state index contributed by atoms with van der Waals surface area (Å²) in [5, 5.41) is 2.86. The number of nitrogens with one attached hydrogen (secondary N) is 1. The molecule has 0 amide bonds. The van der Waals surface area contributed by atoms with Gasteiger partial charge in [-0.25, -0.2) is 8.93 Å². The lowest BCUT2D eigenvalue weighted by atomic mass is 10.2. The van der Waals surface area contributed by atoms with Crippen LogP contribution in [0.1, 0.15) is 62.8 Å². The fourth-order valence-corrected chi connectivity index (χ4v) is 10.3. The molecule has 2 aromatic carbocycles. The second kappa shape index (κ2) is 9.28. The Hall–Kier alpha value is -1.23. The van der Waals surface area contributed by atoms with Gasteiger partial charge in [0.2, 0.25) is 0 Å². The van der Waals surface area contributed by atoms with Crippen LogP contribution in [0.4, 0.5) is 0 Å². The molecule has 2 nitrogen and oxygen atoms in total. The molecule has 0 saturated carbocycles. The first kappa shape index (κ1) is 24.0. The molecule has 0 aromatic heterocycles. The van der Waals surface area contributed by atoms with Crippen molar-refractivity contribution >= 4 is 29.4 Å². The summed E-state index contributed by atoms with van der Waals surface area (Å²) < 4.78 is 16.5. The van der Waals surface area contributed by atoms with E-state index in [1.807, 2.05) is 20.8 Å². The number of benzene rings is 2. The summed E-state index contributed by atoms with van der Waals surface area (Å²) in [5.41, 5.74) is 5.41. The highest BCUT2D eigenvalue weighted by molar-refractivity contribution is 7.84. The van der Waals surface area contributed by atoms with Gasteiger partial charge in [0.15, 0.2) is 0 Å². The van der Waals surface area contributed by atoms with Crippen molar-refractivity contribution in [1.82, 2.24) is 4.72 Å². The SMILES string of the molecule is CCC[C@H](N[S@](=O)C(C)(C)C)[Si](C)(c1cc(C)cc(C)c1)c1cc(C)cc(C)c1. The van der Waals surface area contributed by atoms with E-state index in [0.29, 0.717) is 0 Å². The molecule has 2 atom stereocenters. The minimum Gasteiger partial charge on any atom is -0.242 e. The first-order chi connectivity index (χ1) is 13.4. The third kappa shape index (κ3) is 5.68. The molecule has 0 saturated heterocycles. The maximum atomic E-state index is 13.1. The molecule has 0 spiro atoms. The van der Waals surface area contributed by atoms with E-state index in [2.05, 4.69) is 82.3 Å². The van der Waals surface area contributed by atoms with Crippen LogP contribution in [-0.2, 0) is 11.0 Å². The number of hydrogen-bond donors (Lipinski definition) is 1. The molecule has 0 unspecified atom stereocenters. The normalized spacial score (nSPS) is 14.7. The van der Waals surface area contributed by atoms with Crippen molar-refractivity contribution in [2.75, 3.05) is 0 Å². The van der Waals surface area contributed by atoms with Crippen LogP contribution < -0.4 is 15.1 Å². The Bertz CT molecular complexity index is 793. The van der Waals surface area contributed by atoms with Gasteiger partial charge in [-0.3, -0.25) is 0 Å². The number of aryl methyl sites for hydroxylation is 4. The predicted octanol–water partition coefficient (Wildman–Crippen LogP) is 4.87. The van der Waals surface area contributed by atoms with Crippen molar-refractivity contribution < 1.29 is 4.21 Å². The smallest absolute Gasteiger partial charge is 0.132 e. The van der Waals surface area contributed by atoms with Gasteiger partial charge < -0.3 is 0 Å². The van der Waals surface area contributed by atoms with Crippen LogP contribution in [0.5, 0.6) is 0 Å². The summed E-state index contributed by atoms with van der Waals surface area (Å²) in [6.07, 6.45) is 2.09. The van der Waals surface area contributed by atoms with Gasteiger partial charge in [0.25, 0.3) is 0 Å². The fourth-order valence-electron chi connectivity index (χ4n) is 4.18. The van der Waals surface area contributed by atoms with Gasteiger partial charge >= 0.3 is 0 Å². The van der Waals surface area contributed by atoms with E-state index in [4.69, 9.17) is 0 Å². The van der Waals surface area contributed by atoms with E-state index in [9.17, 15) is 4.21 Å². The van der Waals surface area contributed by atoms with Crippen molar-refractivity contribution in [3.8, 4) is 0 Å². The van der Waals surface area contributed by atoms with E-state index in [0.717, 1.165) is 12.8 Å². The van der Waals surface area contributed by atoms with Gasteiger partial charge in [-0.2, -0.15) is 0 Å². The van der Waals surface area contributed by atoms with E-state index in [1.54, 1.807) is 0 Å². The molecule has 0 fully saturated rings. The predicted molar refractivity (Wildman–Crippen MR) is 132 cm³/mol. The molecule has 0 aliphatic rings. The zero-order valence-corrected chi connectivity index (χ0v) is 21.6. The Morgan fingerprint density at radius 1 is 0.862 bits per heavy atom. The van der Waals surface area contributed by atoms with Crippen molar-refractivity contribution in [2.24, 2.45) is 0 Å². The molecule has 0 heterocycles. The first-order valence-corrected chi connectivity index (χ1v) is 14.5. The Kier molecular flexibility index (Phi) is 7.69. The zero-order valence-electron chi connectivity index (χ0n) is 19.8. The van der Waals surface area contributed by atoms with Crippen LogP contribution in [-0.4, -0.2) is 22.7 Å². The molecule has 2 aromatic rings. The molecule has 2 rings (SSSR count). The first-order valence-electron chi connectivity index (χ1n) is 10.7. The zero-order chi connectivity index (χ0) is 22.0. The molecular formula is C25H39NOSSi. The molecule has 29 heavy (non-hydrogen) atoms. The van der Waals surface area contributed by atoms with Crippen LogP contribution >= 0.6 is 0 Å². The molecule has 0 aliphatic heterocycles. The average molecular weight is 430 g/mol. The second-order valence-corrected chi connectivity index (χ2v) is 16.0. The van der Waals surface area contributed by atoms with Crippen molar-refractivity contribution in [2.45, 2.75) is 85.2 Å². The summed E-state index contributed by atoms with van der Waals surface area (Å²) in [6.45, 7) is 19.6. The van der Waals surface area contributed by atoms with Crippen LogP contribution in [0.25, 0.3) is 0 Å².